The Kier molecular flexibility index (Phi) is 5.45. The van der Waals surface area contributed by atoms with Crippen LogP contribution in [-0.4, -0.2) is 29.5 Å². The van der Waals surface area contributed by atoms with E-state index in [1.807, 2.05) is 13.8 Å². The minimum absolute atomic E-state index is 0.00445. The molecular formula is C13H20N4O3. The largest absolute Gasteiger partial charge is 0.379 e. The predicted molar refractivity (Wildman–Crippen MR) is 77.5 cm³/mol. The topological polar surface area (TPSA) is 110 Å². The summed E-state index contributed by atoms with van der Waals surface area (Å²) >= 11 is 0. The molecule has 0 spiro atoms. The quantitative estimate of drug-likeness (QED) is 0.514. The Morgan fingerprint density at radius 2 is 2.05 bits per heavy atom. The van der Waals surface area contributed by atoms with Crippen LogP contribution in [0.15, 0.2) is 24.3 Å². The molecule has 1 aromatic carbocycles. The van der Waals surface area contributed by atoms with Crippen molar-refractivity contribution in [1.82, 2.24) is 5.32 Å². The number of carbonyl (C=O) groups excluding carboxylic acids is 1. The molecule has 7 nitrogen and oxygen atoms in total. The van der Waals surface area contributed by atoms with Crippen molar-refractivity contribution < 1.29 is 9.72 Å². The number of anilines is 1. The number of nitrogens with zero attached hydrogens (tertiary/aromatic N) is 1. The van der Waals surface area contributed by atoms with E-state index in [0.717, 1.165) is 0 Å². The first-order chi connectivity index (χ1) is 9.35. The van der Waals surface area contributed by atoms with Crippen LogP contribution in [0.4, 0.5) is 11.4 Å². The molecule has 0 saturated heterocycles. The second kappa shape index (κ2) is 6.85. The summed E-state index contributed by atoms with van der Waals surface area (Å²) in [5, 5.41) is 16.5. The monoisotopic (exact) mass is 280 g/mol. The van der Waals surface area contributed by atoms with E-state index in [4.69, 9.17) is 5.73 Å². The molecule has 110 valence electrons. The Balaban J connectivity index is 2.49. The van der Waals surface area contributed by atoms with Gasteiger partial charge >= 0.3 is 0 Å². The lowest BCUT2D eigenvalue weighted by Crippen LogP contribution is -2.49. The second-order valence-corrected chi connectivity index (χ2v) is 5.09. The highest BCUT2D eigenvalue weighted by Gasteiger charge is 2.18. The van der Waals surface area contributed by atoms with E-state index in [1.54, 1.807) is 18.2 Å². The van der Waals surface area contributed by atoms with Crippen LogP contribution in [0.1, 0.15) is 20.3 Å². The van der Waals surface area contributed by atoms with Gasteiger partial charge in [0.25, 0.3) is 5.69 Å². The Morgan fingerprint density at radius 1 is 1.40 bits per heavy atom. The molecule has 7 heteroatoms. The Morgan fingerprint density at radius 3 is 2.65 bits per heavy atom. The fourth-order valence-corrected chi connectivity index (χ4v) is 1.58. The average Bonchev–Trinajstić information content (AvgIpc) is 2.38. The number of benzene rings is 1. The summed E-state index contributed by atoms with van der Waals surface area (Å²) in [6, 6.07) is 6.33. The molecule has 1 amide bonds. The highest BCUT2D eigenvalue weighted by molar-refractivity contribution is 5.77. The summed E-state index contributed by atoms with van der Waals surface area (Å²) in [6.45, 7) is 4.33. The average molecular weight is 280 g/mol. The van der Waals surface area contributed by atoms with Crippen molar-refractivity contribution in [2.75, 3.05) is 18.4 Å². The lowest BCUT2D eigenvalue weighted by Gasteiger charge is -2.24. The van der Waals surface area contributed by atoms with E-state index in [9.17, 15) is 14.9 Å². The molecule has 1 aromatic rings. The number of hydrogen-bond donors (Lipinski definition) is 3. The van der Waals surface area contributed by atoms with Crippen molar-refractivity contribution in [1.29, 1.82) is 0 Å². The van der Waals surface area contributed by atoms with Gasteiger partial charge in [-0.1, -0.05) is 12.1 Å². The fourth-order valence-electron chi connectivity index (χ4n) is 1.58. The number of rotatable bonds is 7. The number of nitrogens with two attached hydrogens (primary N) is 1. The Bertz CT molecular complexity index is 488. The van der Waals surface area contributed by atoms with E-state index >= 15 is 0 Å². The van der Waals surface area contributed by atoms with E-state index < -0.39 is 10.5 Å². The summed E-state index contributed by atoms with van der Waals surface area (Å²) in [6.07, 6.45) is 0.218. The van der Waals surface area contributed by atoms with Crippen LogP contribution in [0.2, 0.25) is 0 Å². The maximum absolute atomic E-state index is 11.7. The third-order valence-corrected chi connectivity index (χ3v) is 2.76. The van der Waals surface area contributed by atoms with Crippen LogP contribution in [-0.2, 0) is 4.79 Å². The molecule has 20 heavy (non-hydrogen) atoms. The molecule has 0 fully saturated rings. The summed E-state index contributed by atoms with van der Waals surface area (Å²) in [7, 11) is 0. The van der Waals surface area contributed by atoms with Gasteiger partial charge in [0, 0.05) is 31.1 Å². The highest BCUT2D eigenvalue weighted by Crippen LogP contribution is 2.22. The Labute approximate surface area is 117 Å². The van der Waals surface area contributed by atoms with Crippen molar-refractivity contribution in [3.8, 4) is 0 Å². The molecule has 0 aromatic heterocycles. The van der Waals surface area contributed by atoms with Crippen LogP contribution < -0.4 is 16.4 Å². The summed E-state index contributed by atoms with van der Waals surface area (Å²) in [5.74, 6) is -0.147. The molecule has 0 saturated carbocycles. The van der Waals surface area contributed by atoms with Gasteiger partial charge in [-0.2, -0.15) is 0 Å². The highest BCUT2D eigenvalue weighted by atomic mass is 16.6. The Hall–Kier alpha value is -2.15. The van der Waals surface area contributed by atoms with E-state index in [-0.39, 0.29) is 18.0 Å². The van der Waals surface area contributed by atoms with Crippen LogP contribution in [0, 0.1) is 10.1 Å². The number of hydrogen-bond acceptors (Lipinski definition) is 5. The molecule has 0 aliphatic heterocycles. The fraction of sp³-hybridized carbons (Fsp3) is 0.462. The zero-order valence-electron chi connectivity index (χ0n) is 11.7. The first kappa shape index (κ1) is 15.9. The lowest BCUT2D eigenvalue weighted by atomic mass is 10.1. The van der Waals surface area contributed by atoms with Crippen molar-refractivity contribution in [2.24, 2.45) is 5.73 Å². The molecular weight excluding hydrogens is 260 g/mol. The third kappa shape index (κ3) is 4.85. The molecule has 0 bridgehead atoms. The SMILES string of the molecule is CC(C)(CN)NC(=O)CCNc1ccccc1[N+](=O)[O-]. The number of nitro groups is 1. The van der Waals surface area contributed by atoms with Gasteiger partial charge < -0.3 is 16.4 Å². The second-order valence-electron chi connectivity index (χ2n) is 5.09. The molecule has 4 N–H and O–H groups in total. The summed E-state index contributed by atoms with van der Waals surface area (Å²) in [4.78, 5) is 22.0. The van der Waals surface area contributed by atoms with Crippen molar-refractivity contribution in [3.05, 3.63) is 34.4 Å². The molecule has 0 atom stereocenters. The maximum atomic E-state index is 11.7. The van der Waals surface area contributed by atoms with Crippen molar-refractivity contribution in [3.63, 3.8) is 0 Å². The molecule has 0 aliphatic carbocycles. The van der Waals surface area contributed by atoms with Gasteiger partial charge in [-0.3, -0.25) is 14.9 Å². The maximum Gasteiger partial charge on any atom is 0.292 e. The summed E-state index contributed by atoms with van der Waals surface area (Å²) < 4.78 is 0. The number of amides is 1. The predicted octanol–water partition coefficient (Wildman–Crippen LogP) is 1.25. The lowest BCUT2D eigenvalue weighted by molar-refractivity contribution is -0.384. The van der Waals surface area contributed by atoms with Gasteiger partial charge in [0.1, 0.15) is 5.69 Å². The zero-order chi connectivity index (χ0) is 15.2. The van der Waals surface area contributed by atoms with E-state index in [0.29, 0.717) is 18.8 Å². The van der Waals surface area contributed by atoms with Gasteiger partial charge in [0.15, 0.2) is 0 Å². The van der Waals surface area contributed by atoms with Gasteiger partial charge in [-0.25, -0.2) is 0 Å². The number of nitro benzene ring substituents is 1. The molecule has 0 aliphatic rings. The van der Waals surface area contributed by atoms with Crippen LogP contribution in [0.3, 0.4) is 0 Å². The van der Waals surface area contributed by atoms with Crippen LogP contribution in [0.5, 0.6) is 0 Å². The summed E-state index contributed by atoms with van der Waals surface area (Å²) in [5.41, 5.74) is 5.48. The van der Waals surface area contributed by atoms with Crippen molar-refractivity contribution in [2.45, 2.75) is 25.8 Å². The normalized spacial score (nSPS) is 10.9. The van der Waals surface area contributed by atoms with Gasteiger partial charge in [-0.05, 0) is 19.9 Å². The first-order valence-electron chi connectivity index (χ1n) is 6.34. The third-order valence-electron chi connectivity index (χ3n) is 2.76. The molecule has 0 unspecified atom stereocenters. The van der Waals surface area contributed by atoms with Gasteiger partial charge in [0.05, 0.1) is 4.92 Å². The molecule has 0 heterocycles. The van der Waals surface area contributed by atoms with Crippen molar-refractivity contribution >= 4 is 17.3 Å². The standard InChI is InChI=1S/C13H20N4O3/c1-13(2,9-14)16-12(18)7-8-15-10-5-3-4-6-11(10)17(19)20/h3-6,15H,7-9,14H2,1-2H3,(H,16,18). The van der Waals surface area contributed by atoms with Crippen LogP contribution >= 0.6 is 0 Å². The van der Waals surface area contributed by atoms with Gasteiger partial charge in [0.2, 0.25) is 5.91 Å². The van der Waals surface area contributed by atoms with Gasteiger partial charge in [-0.15, -0.1) is 0 Å². The minimum atomic E-state index is -0.458. The van der Waals surface area contributed by atoms with E-state index in [1.165, 1.54) is 6.07 Å². The number of para-hydroxylation sites is 2. The number of carbonyl (C=O) groups is 1. The van der Waals surface area contributed by atoms with E-state index in [2.05, 4.69) is 10.6 Å². The minimum Gasteiger partial charge on any atom is -0.379 e. The zero-order valence-corrected chi connectivity index (χ0v) is 11.7. The first-order valence-corrected chi connectivity index (χ1v) is 6.34. The smallest absolute Gasteiger partial charge is 0.292 e. The number of nitrogens with one attached hydrogen (secondary N) is 2. The molecule has 1 rings (SSSR count). The molecule has 0 radical (unpaired) electrons. The van der Waals surface area contributed by atoms with Crippen LogP contribution in [0.25, 0.3) is 0 Å².